The largest absolute Gasteiger partial charge is 0.354 e. The molecule has 0 aliphatic carbocycles. The van der Waals surface area contributed by atoms with Gasteiger partial charge in [0.15, 0.2) is 0 Å². The number of aryl methyl sites for hydroxylation is 1. The zero-order chi connectivity index (χ0) is 14.4. The summed E-state index contributed by atoms with van der Waals surface area (Å²) in [6, 6.07) is 7.49. The molecule has 5 heteroatoms. The van der Waals surface area contributed by atoms with E-state index in [1.807, 2.05) is 29.1 Å². The molecule has 106 valence electrons. The molecule has 0 unspecified atom stereocenters. The van der Waals surface area contributed by atoms with Crippen LogP contribution in [0.2, 0.25) is 0 Å². The Labute approximate surface area is 116 Å². The summed E-state index contributed by atoms with van der Waals surface area (Å²) >= 11 is 0. The van der Waals surface area contributed by atoms with Crippen molar-refractivity contribution < 1.29 is 13.6 Å². The number of carbonyl (C=O) groups excluding carboxylic acids is 1. The van der Waals surface area contributed by atoms with Crippen molar-refractivity contribution in [3.8, 4) is 0 Å². The van der Waals surface area contributed by atoms with Gasteiger partial charge in [-0.25, -0.2) is 8.78 Å². The van der Waals surface area contributed by atoms with Crippen molar-refractivity contribution in [2.45, 2.75) is 25.9 Å². The summed E-state index contributed by atoms with van der Waals surface area (Å²) in [7, 11) is 0. The van der Waals surface area contributed by atoms with Gasteiger partial charge in [-0.1, -0.05) is 6.07 Å². The number of amides is 1. The average molecular weight is 278 g/mol. The number of hydrogen-bond donors (Lipinski definition) is 1. The first-order valence-electron chi connectivity index (χ1n) is 6.47. The summed E-state index contributed by atoms with van der Waals surface area (Å²) in [5.41, 5.74) is -0.105. The predicted molar refractivity (Wildman–Crippen MR) is 71.9 cm³/mol. The number of hydrogen-bond acceptors (Lipinski definition) is 1. The molecule has 1 aromatic heterocycles. The predicted octanol–water partition coefficient (Wildman–Crippen LogP) is 2.86. The van der Waals surface area contributed by atoms with E-state index in [0.717, 1.165) is 6.54 Å². The van der Waals surface area contributed by atoms with Crippen LogP contribution in [-0.2, 0) is 17.9 Å². The SMILES string of the molecule is O=C(CCCn1cccc1)NCc1c(F)cccc1F. The number of carbonyl (C=O) groups is 1. The van der Waals surface area contributed by atoms with Crippen LogP contribution in [0, 0.1) is 11.6 Å². The summed E-state index contributed by atoms with van der Waals surface area (Å²) in [6.45, 7) is 0.620. The second-order valence-corrected chi connectivity index (χ2v) is 4.50. The number of benzene rings is 1. The summed E-state index contributed by atoms with van der Waals surface area (Å²) in [5.74, 6) is -1.49. The number of halogens is 2. The van der Waals surface area contributed by atoms with Crippen LogP contribution < -0.4 is 5.32 Å². The highest BCUT2D eigenvalue weighted by molar-refractivity contribution is 5.75. The highest BCUT2D eigenvalue weighted by Crippen LogP contribution is 2.11. The highest BCUT2D eigenvalue weighted by atomic mass is 19.1. The third-order valence-electron chi connectivity index (χ3n) is 3.01. The summed E-state index contributed by atoms with van der Waals surface area (Å²) in [6.07, 6.45) is 4.85. The van der Waals surface area contributed by atoms with Gasteiger partial charge in [-0.3, -0.25) is 4.79 Å². The Morgan fingerprint density at radius 3 is 2.40 bits per heavy atom. The molecule has 2 rings (SSSR count). The first-order valence-corrected chi connectivity index (χ1v) is 6.47. The molecule has 20 heavy (non-hydrogen) atoms. The molecule has 1 N–H and O–H groups in total. The fourth-order valence-corrected chi connectivity index (χ4v) is 1.92. The quantitative estimate of drug-likeness (QED) is 0.866. The number of nitrogens with one attached hydrogen (secondary N) is 1. The molecule has 0 saturated heterocycles. The van der Waals surface area contributed by atoms with E-state index in [0.29, 0.717) is 12.8 Å². The van der Waals surface area contributed by atoms with Crippen LogP contribution in [0.25, 0.3) is 0 Å². The monoisotopic (exact) mass is 278 g/mol. The molecule has 3 nitrogen and oxygen atoms in total. The summed E-state index contributed by atoms with van der Waals surface area (Å²) in [5, 5.41) is 2.53. The molecule has 1 heterocycles. The number of rotatable bonds is 6. The van der Waals surface area contributed by atoms with E-state index in [1.54, 1.807) is 0 Å². The molecule has 0 atom stereocenters. The van der Waals surface area contributed by atoms with Crippen molar-refractivity contribution in [1.29, 1.82) is 0 Å². The van der Waals surface area contributed by atoms with Gasteiger partial charge < -0.3 is 9.88 Å². The second kappa shape index (κ2) is 6.84. The van der Waals surface area contributed by atoms with Gasteiger partial charge in [-0.15, -0.1) is 0 Å². The highest BCUT2D eigenvalue weighted by Gasteiger charge is 2.09. The minimum Gasteiger partial charge on any atom is -0.354 e. The summed E-state index contributed by atoms with van der Waals surface area (Å²) in [4.78, 5) is 11.6. The van der Waals surface area contributed by atoms with Crippen LogP contribution >= 0.6 is 0 Å². The van der Waals surface area contributed by atoms with Crippen molar-refractivity contribution in [1.82, 2.24) is 9.88 Å². The van der Waals surface area contributed by atoms with Crippen LogP contribution in [0.5, 0.6) is 0 Å². The lowest BCUT2D eigenvalue weighted by atomic mass is 10.2. The van der Waals surface area contributed by atoms with E-state index in [-0.39, 0.29) is 18.0 Å². The Bertz CT molecular complexity index is 547. The van der Waals surface area contributed by atoms with Gasteiger partial charge in [-0.05, 0) is 30.7 Å². The maximum Gasteiger partial charge on any atom is 0.220 e. The minimum atomic E-state index is -0.641. The van der Waals surface area contributed by atoms with Gasteiger partial charge in [0.1, 0.15) is 11.6 Å². The van der Waals surface area contributed by atoms with Crippen LogP contribution in [0.15, 0.2) is 42.7 Å². The van der Waals surface area contributed by atoms with Crippen molar-refractivity contribution in [2.24, 2.45) is 0 Å². The van der Waals surface area contributed by atoms with Crippen LogP contribution in [0.4, 0.5) is 8.78 Å². The van der Waals surface area contributed by atoms with Crippen molar-refractivity contribution >= 4 is 5.91 Å². The molecule has 0 aliphatic rings. The molecule has 2 aromatic rings. The smallest absolute Gasteiger partial charge is 0.220 e. The zero-order valence-corrected chi connectivity index (χ0v) is 11.0. The van der Waals surface area contributed by atoms with Gasteiger partial charge in [0.25, 0.3) is 0 Å². The maximum atomic E-state index is 13.3. The normalized spacial score (nSPS) is 10.5. The Hall–Kier alpha value is -2.17. The van der Waals surface area contributed by atoms with Crippen molar-refractivity contribution in [2.75, 3.05) is 0 Å². The summed E-state index contributed by atoms with van der Waals surface area (Å²) < 4.78 is 28.7. The lowest BCUT2D eigenvalue weighted by Gasteiger charge is -2.07. The topological polar surface area (TPSA) is 34.0 Å². The van der Waals surface area contributed by atoms with Gasteiger partial charge in [-0.2, -0.15) is 0 Å². The molecule has 1 aromatic carbocycles. The molecule has 0 spiro atoms. The lowest BCUT2D eigenvalue weighted by Crippen LogP contribution is -2.24. The third-order valence-corrected chi connectivity index (χ3v) is 3.01. The molecule has 0 radical (unpaired) electrons. The van der Waals surface area contributed by atoms with E-state index < -0.39 is 11.6 Å². The van der Waals surface area contributed by atoms with Gasteiger partial charge in [0.05, 0.1) is 0 Å². The molecular weight excluding hydrogens is 262 g/mol. The van der Waals surface area contributed by atoms with Gasteiger partial charge in [0, 0.05) is 37.5 Å². The Morgan fingerprint density at radius 1 is 1.10 bits per heavy atom. The van der Waals surface area contributed by atoms with Gasteiger partial charge in [0.2, 0.25) is 5.91 Å². The van der Waals surface area contributed by atoms with E-state index in [4.69, 9.17) is 0 Å². The average Bonchev–Trinajstić information content (AvgIpc) is 2.91. The Kier molecular flexibility index (Phi) is 4.87. The number of aromatic nitrogens is 1. The van der Waals surface area contributed by atoms with E-state index in [2.05, 4.69) is 5.32 Å². The van der Waals surface area contributed by atoms with Crippen molar-refractivity contribution in [3.05, 3.63) is 59.9 Å². The van der Waals surface area contributed by atoms with Crippen LogP contribution in [0.3, 0.4) is 0 Å². The van der Waals surface area contributed by atoms with Crippen LogP contribution in [-0.4, -0.2) is 10.5 Å². The van der Waals surface area contributed by atoms with E-state index >= 15 is 0 Å². The Balaban J connectivity index is 1.75. The second-order valence-electron chi connectivity index (χ2n) is 4.50. The molecule has 0 aliphatic heterocycles. The first kappa shape index (κ1) is 14.2. The lowest BCUT2D eigenvalue weighted by molar-refractivity contribution is -0.121. The first-order chi connectivity index (χ1) is 9.66. The minimum absolute atomic E-state index is 0.105. The fourth-order valence-electron chi connectivity index (χ4n) is 1.92. The zero-order valence-electron chi connectivity index (χ0n) is 11.0. The van der Waals surface area contributed by atoms with Crippen molar-refractivity contribution in [3.63, 3.8) is 0 Å². The standard InChI is InChI=1S/C15H16F2N2O/c16-13-5-3-6-14(17)12(13)11-18-15(20)7-4-10-19-8-1-2-9-19/h1-3,5-6,8-9H,4,7,10-11H2,(H,18,20). The van der Waals surface area contributed by atoms with Crippen LogP contribution in [0.1, 0.15) is 18.4 Å². The maximum absolute atomic E-state index is 13.3. The van der Waals surface area contributed by atoms with E-state index in [1.165, 1.54) is 18.2 Å². The fraction of sp³-hybridized carbons (Fsp3) is 0.267. The van der Waals surface area contributed by atoms with E-state index in [9.17, 15) is 13.6 Å². The molecule has 0 bridgehead atoms. The van der Waals surface area contributed by atoms with Gasteiger partial charge >= 0.3 is 0 Å². The Morgan fingerprint density at radius 2 is 1.75 bits per heavy atom. The molecule has 1 amide bonds. The molecule has 0 fully saturated rings. The molecular formula is C15H16F2N2O. The third kappa shape index (κ3) is 3.91. The number of nitrogens with zero attached hydrogens (tertiary/aromatic N) is 1. The molecule has 0 saturated carbocycles.